The van der Waals surface area contributed by atoms with Gasteiger partial charge in [-0.15, -0.1) is 0 Å². The number of allylic oxidation sites excluding steroid dienone is 2. The number of hydrogen-bond acceptors (Lipinski definition) is 5. The Kier molecular flexibility index (Phi) is 4.21. The van der Waals surface area contributed by atoms with Gasteiger partial charge in [0.15, 0.2) is 0 Å². The Morgan fingerprint density at radius 2 is 2.16 bits per heavy atom. The highest BCUT2D eigenvalue weighted by atomic mass is 32.2. The first-order valence-corrected chi connectivity index (χ1v) is 10.3. The number of sulfonamides is 1. The van der Waals surface area contributed by atoms with Gasteiger partial charge in [-0.1, -0.05) is 12.2 Å². The molecular formula is C17H21BN2O4S. The van der Waals surface area contributed by atoms with E-state index in [1.807, 2.05) is 0 Å². The molecule has 0 aromatic carbocycles. The monoisotopic (exact) mass is 360 g/mol. The molecule has 1 aromatic rings. The van der Waals surface area contributed by atoms with Crippen molar-refractivity contribution >= 4 is 28.8 Å². The van der Waals surface area contributed by atoms with Crippen molar-refractivity contribution in [3.8, 4) is 5.75 Å². The average Bonchev–Trinajstić information content (AvgIpc) is 3.09. The highest BCUT2D eigenvalue weighted by Crippen LogP contribution is 2.43. The molecule has 132 valence electrons. The van der Waals surface area contributed by atoms with Crippen molar-refractivity contribution in [1.82, 2.24) is 9.29 Å². The summed E-state index contributed by atoms with van der Waals surface area (Å²) in [5.74, 6) is 2.73. The second kappa shape index (κ2) is 6.27. The lowest BCUT2D eigenvalue weighted by Crippen LogP contribution is -2.40. The van der Waals surface area contributed by atoms with Crippen LogP contribution >= 0.6 is 0 Å². The van der Waals surface area contributed by atoms with Gasteiger partial charge >= 0.3 is 7.12 Å². The molecule has 0 radical (unpaired) electrons. The van der Waals surface area contributed by atoms with Gasteiger partial charge in [-0.3, -0.25) is 4.98 Å². The molecule has 0 unspecified atom stereocenters. The second-order valence-electron chi connectivity index (χ2n) is 6.67. The highest BCUT2D eigenvalue weighted by molar-refractivity contribution is 7.89. The smallest absolute Gasteiger partial charge is 0.531 e. The maximum Gasteiger partial charge on any atom is 0.552 e. The SMILES string of the molecule is CCS(=O)(=O)N1CCC(C2=CB(O)Oc3cnc4c(c32)C=CC4)CC1. The molecule has 3 aliphatic rings. The van der Waals surface area contributed by atoms with Gasteiger partial charge in [-0.2, -0.15) is 0 Å². The van der Waals surface area contributed by atoms with E-state index in [9.17, 15) is 13.4 Å². The van der Waals surface area contributed by atoms with E-state index in [1.165, 1.54) is 0 Å². The second-order valence-corrected chi connectivity index (χ2v) is 8.93. The van der Waals surface area contributed by atoms with Gasteiger partial charge in [0.25, 0.3) is 0 Å². The zero-order chi connectivity index (χ0) is 17.6. The van der Waals surface area contributed by atoms with Gasteiger partial charge in [-0.25, -0.2) is 12.7 Å². The van der Waals surface area contributed by atoms with Crippen molar-refractivity contribution in [2.45, 2.75) is 26.2 Å². The normalized spacial score (nSPS) is 20.9. The Bertz CT molecular complexity index is 858. The molecule has 0 atom stereocenters. The third-order valence-electron chi connectivity index (χ3n) is 5.27. The first kappa shape index (κ1) is 16.8. The number of pyridine rings is 1. The van der Waals surface area contributed by atoms with Crippen molar-refractivity contribution < 1.29 is 18.1 Å². The molecule has 1 saturated heterocycles. The molecule has 0 bridgehead atoms. The van der Waals surface area contributed by atoms with Crippen molar-refractivity contribution in [1.29, 1.82) is 0 Å². The molecule has 0 amide bonds. The number of aromatic nitrogens is 1. The summed E-state index contributed by atoms with van der Waals surface area (Å²) in [6.45, 7) is 2.72. The topological polar surface area (TPSA) is 79.7 Å². The maximum atomic E-state index is 12.1. The molecule has 1 fully saturated rings. The number of nitrogens with zero attached hydrogens (tertiary/aromatic N) is 2. The third-order valence-corrected chi connectivity index (χ3v) is 7.15. The van der Waals surface area contributed by atoms with Crippen LogP contribution in [0.5, 0.6) is 5.75 Å². The van der Waals surface area contributed by atoms with Crippen LogP contribution in [-0.2, 0) is 16.4 Å². The zero-order valence-electron chi connectivity index (χ0n) is 14.2. The van der Waals surface area contributed by atoms with Crippen molar-refractivity contribution in [2.24, 2.45) is 5.92 Å². The number of fused-ring (bicyclic) bond motifs is 3. The lowest BCUT2D eigenvalue weighted by molar-refractivity contribution is 0.310. The Morgan fingerprint density at radius 3 is 2.88 bits per heavy atom. The summed E-state index contributed by atoms with van der Waals surface area (Å²) in [5.41, 5.74) is 4.17. The molecule has 6 nitrogen and oxygen atoms in total. The molecule has 1 aromatic heterocycles. The van der Waals surface area contributed by atoms with Crippen LogP contribution in [0.25, 0.3) is 11.6 Å². The first-order valence-electron chi connectivity index (χ1n) is 8.72. The summed E-state index contributed by atoms with van der Waals surface area (Å²) >= 11 is 0. The molecule has 2 aliphatic heterocycles. The van der Waals surface area contributed by atoms with E-state index in [2.05, 4.69) is 17.1 Å². The van der Waals surface area contributed by atoms with Crippen molar-refractivity contribution in [3.63, 3.8) is 0 Å². The fourth-order valence-electron chi connectivity index (χ4n) is 3.93. The van der Waals surface area contributed by atoms with Crippen LogP contribution in [0.15, 0.2) is 18.2 Å². The van der Waals surface area contributed by atoms with E-state index in [4.69, 9.17) is 4.65 Å². The Labute approximate surface area is 148 Å². The molecule has 25 heavy (non-hydrogen) atoms. The van der Waals surface area contributed by atoms with Crippen molar-refractivity contribution in [3.05, 3.63) is 35.1 Å². The molecular weight excluding hydrogens is 339 g/mol. The lowest BCUT2D eigenvalue weighted by Gasteiger charge is -2.34. The van der Waals surface area contributed by atoms with Gasteiger partial charge < -0.3 is 9.68 Å². The first-order chi connectivity index (χ1) is 12.0. The number of piperidine rings is 1. The molecule has 8 heteroatoms. The standard InChI is InChI=1S/C17H21BN2O4S/c1-2-25(22,23)20-8-6-12(7-9-20)14-10-18(21)24-16-11-19-15-5-3-4-13(15)17(14)16/h3-4,10-12,21H,2,5-9H2,1H3. The Balaban J connectivity index is 1.64. The van der Waals surface area contributed by atoms with Gasteiger partial charge in [0, 0.05) is 30.6 Å². The van der Waals surface area contributed by atoms with Gasteiger partial charge in [-0.05, 0) is 37.2 Å². The van der Waals surface area contributed by atoms with E-state index in [0.717, 1.165) is 41.7 Å². The Morgan fingerprint density at radius 1 is 1.40 bits per heavy atom. The van der Waals surface area contributed by atoms with Gasteiger partial charge in [0.05, 0.1) is 17.6 Å². The zero-order valence-corrected chi connectivity index (χ0v) is 15.0. The van der Waals surface area contributed by atoms with Crippen LogP contribution < -0.4 is 4.65 Å². The van der Waals surface area contributed by atoms with Crippen LogP contribution in [0.1, 0.15) is 36.6 Å². The van der Waals surface area contributed by atoms with Gasteiger partial charge in [0.2, 0.25) is 10.0 Å². The van der Waals surface area contributed by atoms with Crippen LogP contribution in [-0.4, -0.2) is 48.7 Å². The number of hydrogen-bond donors (Lipinski definition) is 1. The highest BCUT2D eigenvalue weighted by Gasteiger charge is 2.35. The maximum absolute atomic E-state index is 12.1. The van der Waals surface area contributed by atoms with E-state index in [1.54, 1.807) is 23.4 Å². The lowest BCUT2D eigenvalue weighted by atomic mass is 9.74. The summed E-state index contributed by atoms with van der Waals surface area (Å²) in [5, 5.41) is 10.1. The van der Waals surface area contributed by atoms with E-state index >= 15 is 0 Å². The Hall–Kier alpha value is -1.64. The predicted octanol–water partition coefficient (Wildman–Crippen LogP) is 1.51. The molecule has 0 spiro atoms. The largest absolute Gasteiger partial charge is 0.552 e. The van der Waals surface area contributed by atoms with E-state index in [0.29, 0.717) is 18.8 Å². The summed E-state index contributed by atoms with van der Waals surface area (Å²) in [4.78, 5) is 4.43. The summed E-state index contributed by atoms with van der Waals surface area (Å²) < 4.78 is 31.3. The average molecular weight is 360 g/mol. The summed E-state index contributed by atoms with van der Waals surface area (Å²) in [6.07, 6.45) is 8.14. The molecule has 0 saturated carbocycles. The van der Waals surface area contributed by atoms with Crippen LogP contribution in [0.4, 0.5) is 0 Å². The minimum atomic E-state index is -3.14. The van der Waals surface area contributed by atoms with Crippen LogP contribution in [0.3, 0.4) is 0 Å². The van der Waals surface area contributed by atoms with Crippen LogP contribution in [0, 0.1) is 5.92 Å². The predicted molar refractivity (Wildman–Crippen MR) is 97.3 cm³/mol. The number of rotatable bonds is 3. The van der Waals surface area contributed by atoms with Crippen molar-refractivity contribution in [2.75, 3.05) is 18.8 Å². The summed E-state index contributed by atoms with van der Waals surface area (Å²) in [7, 11) is -4.12. The minimum Gasteiger partial charge on any atom is -0.531 e. The van der Waals surface area contributed by atoms with E-state index < -0.39 is 17.1 Å². The quantitative estimate of drug-likeness (QED) is 0.827. The summed E-state index contributed by atoms with van der Waals surface area (Å²) in [6, 6.07) is 0. The molecule has 3 heterocycles. The van der Waals surface area contributed by atoms with E-state index in [-0.39, 0.29) is 11.7 Å². The fraction of sp³-hybridized carbons (Fsp3) is 0.471. The minimum absolute atomic E-state index is 0.139. The molecule has 4 rings (SSSR count). The van der Waals surface area contributed by atoms with Crippen LogP contribution in [0.2, 0.25) is 0 Å². The molecule has 1 N–H and O–H groups in total. The third kappa shape index (κ3) is 2.92. The van der Waals surface area contributed by atoms with Gasteiger partial charge in [0.1, 0.15) is 5.75 Å². The molecule has 1 aliphatic carbocycles. The fourth-order valence-corrected chi connectivity index (χ4v) is 5.07.